The fourth-order valence-electron chi connectivity index (χ4n) is 2.55. The minimum absolute atomic E-state index is 0.0645. The summed E-state index contributed by atoms with van der Waals surface area (Å²) in [6.45, 7) is 6.71. The lowest BCUT2D eigenvalue weighted by Gasteiger charge is -2.21. The van der Waals surface area contributed by atoms with Crippen molar-refractivity contribution in [3.8, 4) is 0 Å². The van der Waals surface area contributed by atoms with Crippen LogP contribution in [0, 0.1) is 0 Å². The molecule has 0 aromatic heterocycles. The van der Waals surface area contributed by atoms with Crippen molar-refractivity contribution in [3.63, 3.8) is 0 Å². The van der Waals surface area contributed by atoms with Crippen LogP contribution in [0.1, 0.15) is 6.92 Å². The monoisotopic (exact) mass is 331 g/mol. The van der Waals surface area contributed by atoms with Gasteiger partial charge in [0.15, 0.2) is 0 Å². The molecule has 1 aliphatic rings. The van der Waals surface area contributed by atoms with E-state index in [1.54, 1.807) is 0 Å². The van der Waals surface area contributed by atoms with Crippen LogP contribution in [0.15, 0.2) is 46.9 Å². The zero-order valence-corrected chi connectivity index (χ0v) is 14.9. The molecule has 1 aromatic rings. The van der Waals surface area contributed by atoms with E-state index >= 15 is 0 Å². The van der Waals surface area contributed by atoms with Gasteiger partial charge < -0.3 is 25.8 Å². The highest BCUT2D eigenvalue weighted by molar-refractivity contribution is 5.50. The van der Waals surface area contributed by atoms with Gasteiger partial charge >= 0.3 is 0 Å². The summed E-state index contributed by atoms with van der Waals surface area (Å²) in [5, 5.41) is 12.1. The van der Waals surface area contributed by atoms with Gasteiger partial charge in [-0.15, -0.1) is 5.11 Å². The number of hydrogen-bond acceptors (Lipinski definition) is 7. The van der Waals surface area contributed by atoms with Gasteiger partial charge in [0.2, 0.25) is 6.29 Å². The first-order valence-electron chi connectivity index (χ1n) is 8.43. The van der Waals surface area contributed by atoms with Gasteiger partial charge in [0.05, 0.1) is 5.69 Å². The molecule has 0 aliphatic carbocycles. The standard InChI is InChI=1S/C17H29N7/c1-4-24(11-9-18)12-10-19-15-5-7-16(8-6-15)20-21-17-22(2)13-14-23(17)3/h5-8,13-14,17,19H,4,9-12,18H2,1-3H3/b21-20+. The Labute approximate surface area is 144 Å². The Hall–Kier alpha value is -2.12. The first-order valence-corrected chi connectivity index (χ1v) is 8.43. The minimum atomic E-state index is -0.0645. The molecule has 0 atom stereocenters. The van der Waals surface area contributed by atoms with Gasteiger partial charge in [-0.2, -0.15) is 5.11 Å². The number of hydrogen-bond donors (Lipinski definition) is 2. The molecule has 1 heterocycles. The van der Waals surface area contributed by atoms with E-state index in [0.717, 1.165) is 37.6 Å². The maximum atomic E-state index is 5.60. The molecule has 0 amide bonds. The quantitative estimate of drug-likeness (QED) is 0.678. The molecule has 7 heteroatoms. The number of nitrogens with one attached hydrogen (secondary N) is 1. The summed E-state index contributed by atoms with van der Waals surface area (Å²) in [5.74, 6) is 0. The molecule has 3 N–H and O–H groups in total. The second-order valence-corrected chi connectivity index (χ2v) is 5.89. The fourth-order valence-corrected chi connectivity index (χ4v) is 2.55. The van der Waals surface area contributed by atoms with Gasteiger partial charge in [-0.1, -0.05) is 6.92 Å². The SMILES string of the molecule is CCN(CCN)CCNc1ccc(/N=N/C2N(C)C=CN2C)cc1. The van der Waals surface area contributed by atoms with Crippen LogP contribution in [-0.2, 0) is 0 Å². The van der Waals surface area contributed by atoms with Crippen molar-refractivity contribution >= 4 is 11.4 Å². The molecule has 0 bridgehead atoms. The lowest BCUT2D eigenvalue weighted by atomic mass is 10.3. The molecular formula is C17H29N7. The highest BCUT2D eigenvalue weighted by Gasteiger charge is 2.19. The van der Waals surface area contributed by atoms with Crippen LogP contribution in [0.25, 0.3) is 0 Å². The fraction of sp³-hybridized carbons (Fsp3) is 0.529. The van der Waals surface area contributed by atoms with Crippen molar-refractivity contribution < 1.29 is 0 Å². The largest absolute Gasteiger partial charge is 0.384 e. The maximum Gasteiger partial charge on any atom is 0.217 e. The van der Waals surface area contributed by atoms with Gasteiger partial charge in [0, 0.05) is 58.4 Å². The lowest BCUT2D eigenvalue weighted by molar-refractivity contribution is 0.206. The number of rotatable bonds is 9. The first kappa shape index (κ1) is 18.2. The number of azo groups is 1. The number of likely N-dealkylation sites (N-methyl/N-ethyl adjacent to an activating group) is 1. The summed E-state index contributed by atoms with van der Waals surface area (Å²) in [5.41, 5.74) is 7.55. The molecule has 0 fully saturated rings. The van der Waals surface area contributed by atoms with Gasteiger partial charge in [-0.05, 0) is 30.8 Å². The zero-order chi connectivity index (χ0) is 17.4. The van der Waals surface area contributed by atoms with Gasteiger partial charge in [-0.25, -0.2) is 0 Å². The summed E-state index contributed by atoms with van der Waals surface area (Å²) < 4.78 is 0. The average molecular weight is 331 g/mol. The number of nitrogens with two attached hydrogens (primary N) is 1. The second kappa shape index (κ2) is 9.24. The molecule has 0 spiro atoms. The van der Waals surface area contributed by atoms with Crippen LogP contribution in [0.5, 0.6) is 0 Å². The molecule has 24 heavy (non-hydrogen) atoms. The third-order valence-electron chi connectivity index (χ3n) is 4.06. The Morgan fingerprint density at radius 2 is 1.79 bits per heavy atom. The Balaban J connectivity index is 1.80. The van der Waals surface area contributed by atoms with Crippen LogP contribution >= 0.6 is 0 Å². The van der Waals surface area contributed by atoms with Crippen molar-refractivity contribution in [2.24, 2.45) is 16.0 Å². The third kappa shape index (κ3) is 5.21. The van der Waals surface area contributed by atoms with E-state index in [-0.39, 0.29) is 6.29 Å². The zero-order valence-electron chi connectivity index (χ0n) is 14.9. The average Bonchev–Trinajstić information content (AvgIpc) is 2.91. The Kier molecular flexibility index (Phi) is 7.02. The van der Waals surface area contributed by atoms with E-state index in [4.69, 9.17) is 5.73 Å². The molecule has 7 nitrogen and oxygen atoms in total. The Bertz CT molecular complexity index is 528. The van der Waals surface area contributed by atoms with E-state index in [9.17, 15) is 0 Å². The molecule has 0 saturated carbocycles. The molecule has 0 radical (unpaired) electrons. The van der Waals surface area contributed by atoms with Crippen LogP contribution in [0.3, 0.4) is 0 Å². The topological polar surface area (TPSA) is 72.5 Å². The normalized spacial score (nSPS) is 15.2. The molecule has 1 aliphatic heterocycles. The van der Waals surface area contributed by atoms with Crippen molar-refractivity contribution in [1.82, 2.24) is 14.7 Å². The molecule has 0 unspecified atom stereocenters. The number of nitrogens with zero attached hydrogens (tertiary/aromatic N) is 5. The van der Waals surface area contributed by atoms with Gasteiger partial charge in [-0.3, -0.25) is 0 Å². The highest BCUT2D eigenvalue weighted by Crippen LogP contribution is 2.19. The maximum absolute atomic E-state index is 5.60. The van der Waals surface area contributed by atoms with Crippen molar-refractivity contribution in [3.05, 3.63) is 36.7 Å². The van der Waals surface area contributed by atoms with Crippen LogP contribution in [0.2, 0.25) is 0 Å². The second-order valence-electron chi connectivity index (χ2n) is 5.89. The lowest BCUT2D eigenvalue weighted by Crippen LogP contribution is -2.33. The predicted octanol–water partition coefficient (Wildman–Crippen LogP) is 2.09. The summed E-state index contributed by atoms with van der Waals surface area (Å²) >= 11 is 0. The van der Waals surface area contributed by atoms with Gasteiger partial charge in [0.25, 0.3) is 0 Å². The van der Waals surface area contributed by atoms with E-state index in [1.165, 1.54) is 0 Å². The van der Waals surface area contributed by atoms with Crippen LogP contribution in [0.4, 0.5) is 11.4 Å². The number of benzene rings is 1. The van der Waals surface area contributed by atoms with E-state index < -0.39 is 0 Å². The van der Waals surface area contributed by atoms with Crippen molar-refractivity contribution in [1.29, 1.82) is 0 Å². The van der Waals surface area contributed by atoms with E-state index in [0.29, 0.717) is 6.54 Å². The van der Waals surface area contributed by atoms with Crippen molar-refractivity contribution in [2.45, 2.75) is 13.2 Å². The predicted molar refractivity (Wildman–Crippen MR) is 99.1 cm³/mol. The molecular weight excluding hydrogens is 302 g/mol. The summed E-state index contributed by atoms with van der Waals surface area (Å²) in [4.78, 5) is 6.36. The van der Waals surface area contributed by atoms with Crippen molar-refractivity contribution in [2.75, 3.05) is 52.1 Å². The summed E-state index contributed by atoms with van der Waals surface area (Å²) in [6.07, 6.45) is 3.91. The molecule has 2 rings (SSSR count). The molecule has 132 valence electrons. The van der Waals surface area contributed by atoms with Crippen LogP contribution in [-0.4, -0.2) is 67.8 Å². The smallest absolute Gasteiger partial charge is 0.217 e. The Morgan fingerprint density at radius 1 is 1.12 bits per heavy atom. The number of anilines is 1. The molecule has 0 saturated heterocycles. The molecule has 1 aromatic carbocycles. The first-order chi connectivity index (χ1) is 11.6. The Morgan fingerprint density at radius 3 is 2.38 bits per heavy atom. The minimum Gasteiger partial charge on any atom is -0.384 e. The van der Waals surface area contributed by atoms with E-state index in [1.807, 2.05) is 60.6 Å². The highest BCUT2D eigenvalue weighted by atomic mass is 15.5. The third-order valence-corrected chi connectivity index (χ3v) is 4.06. The van der Waals surface area contributed by atoms with E-state index in [2.05, 4.69) is 27.4 Å². The van der Waals surface area contributed by atoms with Gasteiger partial charge in [0.1, 0.15) is 0 Å². The summed E-state index contributed by atoms with van der Waals surface area (Å²) in [6, 6.07) is 8.03. The summed E-state index contributed by atoms with van der Waals surface area (Å²) in [7, 11) is 3.97. The van der Waals surface area contributed by atoms with Crippen LogP contribution < -0.4 is 11.1 Å².